The van der Waals surface area contributed by atoms with Crippen LogP contribution in [0.1, 0.15) is 16.2 Å². The minimum Gasteiger partial charge on any atom is -0.352 e. The van der Waals surface area contributed by atoms with Gasteiger partial charge in [0.05, 0.1) is 11.0 Å². The van der Waals surface area contributed by atoms with Crippen LogP contribution in [-0.4, -0.2) is 27.9 Å². The number of rotatable bonds is 7. The highest BCUT2D eigenvalue weighted by Gasteiger charge is 2.14. The van der Waals surface area contributed by atoms with Crippen molar-refractivity contribution >= 4 is 28.5 Å². The molecule has 0 radical (unpaired) electrons. The van der Waals surface area contributed by atoms with Gasteiger partial charge in [-0.25, -0.2) is 9.37 Å². The third kappa shape index (κ3) is 4.95. The van der Waals surface area contributed by atoms with Gasteiger partial charge in [-0.05, 0) is 48.5 Å². The van der Waals surface area contributed by atoms with Crippen molar-refractivity contribution in [3.05, 3.63) is 96.1 Å². The van der Waals surface area contributed by atoms with Crippen LogP contribution in [0.15, 0.2) is 78.9 Å². The van der Waals surface area contributed by atoms with Crippen LogP contribution in [0.3, 0.4) is 0 Å². The largest absolute Gasteiger partial charge is 0.352 e. The second-order valence-electron chi connectivity index (χ2n) is 7.03. The highest BCUT2D eigenvalue weighted by Crippen LogP contribution is 2.17. The summed E-state index contributed by atoms with van der Waals surface area (Å²) in [6.45, 7) is 0.441. The van der Waals surface area contributed by atoms with Crippen molar-refractivity contribution in [2.45, 2.75) is 13.0 Å². The van der Waals surface area contributed by atoms with Crippen LogP contribution in [0.4, 0.5) is 10.1 Å². The number of nitrogens with one attached hydrogen (secondary N) is 2. The second-order valence-corrected chi connectivity index (χ2v) is 7.03. The lowest BCUT2D eigenvalue weighted by atomic mass is 10.2. The molecule has 6 nitrogen and oxygen atoms in total. The Morgan fingerprint density at radius 1 is 0.903 bits per heavy atom. The van der Waals surface area contributed by atoms with Crippen LogP contribution in [-0.2, 0) is 17.8 Å². The van der Waals surface area contributed by atoms with E-state index in [1.807, 2.05) is 47.0 Å². The number of imidazole rings is 1. The average molecular weight is 416 g/mol. The standard InChI is InChI=1S/C24H21FN4O2/c25-18-10-12-19(13-11-18)27-23(30)16-29-21-9-5-4-8-20(21)28-22(29)14-15-26-24(31)17-6-2-1-3-7-17/h1-13H,14-16H2,(H,26,31)(H,27,30). The Labute approximate surface area is 178 Å². The highest BCUT2D eigenvalue weighted by atomic mass is 19.1. The molecule has 0 fully saturated rings. The van der Waals surface area contributed by atoms with Crippen LogP contribution >= 0.6 is 0 Å². The average Bonchev–Trinajstić information content (AvgIpc) is 3.13. The molecule has 0 aliphatic rings. The number of amides is 2. The normalized spacial score (nSPS) is 10.7. The summed E-state index contributed by atoms with van der Waals surface area (Å²) in [6.07, 6.45) is 0.469. The number of carbonyl (C=O) groups is 2. The van der Waals surface area contributed by atoms with Crippen LogP contribution in [0.5, 0.6) is 0 Å². The summed E-state index contributed by atoms with van der Waals surface area (Å²) in [5.74, 6) is -0.0658. The maximum absolute atomic E-state index is 13.1. The fraction of sp³-hybridized carbons (Fsp3) is 0.125. The lowest BCUT2D eigenvalue weighted by Gasteiger charge is -2.11. The number of nitrogens with zero attached hydrogens (tertiary/aromatic N) is 2. The Hall–Kier alpha value is -4.00. The number of fused-ring (bicyclic) bond motifs is 1. The van der Waals surface area contributed by atoms with Crippen molar-refractivity contribution in [1.82, 2.24) is 14.9 Å². The van der Waals surface area contributed by atoms with Crippen molar-refractivity contribution in [3.8, 4) is 0 Å². The molecule has 31 heavy (non-hydrogen) atoms. The van der Waals surface area contributed by atoms with Gasteiger partial charge in [-0.1, -0.05) is 30.3 Å². The molecular formula is C24H21FN4O2. The quantitative estimate of drug-likeness (QED) is 0.481. The van der Waals surface area contributed by atoms with Gasteiger partial charge in [0.1, 0.15) is 18.2 Å². The van der Waals surface area contributed by atoms with Gasteiger partial charge in [-0.15, -0.1) is 0 Å². The first-order valence-electron chi connectivity index (χ1n) is 9.93. The minimum atomic E-state index is -0.363. The van der Waals surface area contributed by atoms with Crippen LogP contribution < -0.4 is 10.6 Å². The van der Waals surface area contributed by atoms with E-state index >= 15 is 0 Å². The zero-order valence-electron chi connectivity index (χ0n) is 16.7. The van der Waals surface area contributed by atoms with Crippen molar-refractivity contribution in [2.24, 2.45) is 0 Å². The molecule has 3 aromatic carbocycles. The molecule has 0 spiro atoms. The van der Waals surface area contributed by atoms with Gasteiger partial charge in [0.25, 0.3) is 5.91 Å². The molecule has 0 unspecified atom stereocenters. The van der Waals surface area contributed by atoms with Crippen LogP contribution in [0.2, 0.25) is 0 Å². The fourth-order valence-electron chi connectivity index (χ4n) is 3.35. The van der Waals surface area contributed by atoms with Crippen molar-refractivity contribution in [2.75, 3.05) is 11.9 Å². The minimum absolute atomic E-state index is 0.0554. The molecule has 1 heterocycles. The van der Waals surface area contributed by atoms with E-state index in [9.17, 15) is 14.0 Å². The Morgan fingerprint density at radius 2 is 1.61 bits per heavy atom. The summed E-state index contributed by atoms with van der Waals surface area (Å²) in [6, 6.07) is 22.2. The molecule has 1 aromatic heterocycles. The molecule has 0 saturated heterocycles. The number of aromatic nitrogens is 2. The third-order valence-electron chi connectivity index (χ3n) is 4.83. The van der Waals surface area contributed by atoms with Gasteiger partial charge in [-0.2, -0.15) is 0 Å². The van der Waals surface area contributed by atoms with Crippen molar-refractivity contribution in [1.29, 1.82) is 0 Å². The molecule has 0 saturated carbocycles. The molecule has 4 aromatic rings. The van der Waals surface area contributed by atoms with Crippen molar-refractivity contribution < 1.29 is 14.0 Å². The number of hydrogen-bond acceptors (Lipinski definition) is 3. The molecule has 2 N–H and O–H groups in total. The first kappa shape index (κ1) is 20.3. The summed E-state index contributed by atoms with van der Waals surface area (Å²) in [5, 5.41) is 5.66. The second kappa shape index (κ2) is 9.21. The van der Waals surface area contributed by atoms with Crippen LogP contribution in [0.25, 0.3) is 11.0 Å². The van der Waals surface area contributed by atoms with E-state index in [4.69, 9.17) is 0 Å². The van der Waals surface area contributed by atoms with E-state index in [1.54, 1.807) is 12.1 Å². The Balaban J connectivity index is 1.47. The molecule has 0 bridgehead atoms. The molecular weight excluding hydrogens is 395 g/mol. The molecule has 4 rings (SSSR count). The molecule has 7 heteroatoms. The van der Waals surface area contributed by atoms with Gasteiger partial charge in [0, 0.05) is 24.2 Å². The van der Waals surface area contributed by atoms with E-state index in [0.717, 1.165) is 11.0 Å². The van der Waals surface area contributed by atoms with E-state index < -0.39 is 0 Å². The monoisotopic (exact) mass is 416 g/mol. The third-order valence-corrected chi connectivity index (χ3v) is 4.83. The SMILES string of the molecule is O=C(Cn1c(CCNC(=O)c2ccccc2)nc2ccccc21)Nc1ccc(F)cc1. The molecule has 156 valence electrons. The number of para-hydroxylation sites is 2. The lowest BCUT2D eigenvalue weighted by Crippen LogP contribution is -2.27. The zero-order chi connectivity index (χ0) is 21.6. The molecule has 0 aliphatic heterocycles. The number of benzene rings is 3. The first-order chi connectivity index (χ1) is 15.1. The summed E-state index contributed by atoms with van der Waals surface area (Å²) in [4.78, 5) is 29.5. The predicted octanol–water partition coefficient (Wildman–Crippen LogP) is 3.79. The summed E-state index contributed by atoms with van der Waals surface area (Å²) in [5.41, 5.74) is 2.73. The maximum Gasteiger partial charge on any atom is 0.251 e. The van der Waals surface area contributed by atoms with Crippen LogP contribution in [0, 0.1) is 5.82 Å². The topological polar surface area (TPSA) is 76.0 Å². The summed E-state index contributed by atoms with van der Waals surface area (Å²) in [7, 11) is 0. The lowest BCUT2D eigenvalue weighted by molar-refractivity contribution is -0.116. The molecule has 2 amide bonds. The summed E-state index contributed by atoms with van der Waals surface area (Å²) < 4.78 is 14.9. The van der Waals surface area contributed by atoms with Crippen molar-refractivity contribution in [3.63, 3.8) is 0 Å². The Bertz CT molecular complexity index is 1200. The van der Waals surface area contributed by atoms with E-state index in [2.05, 4.69) is 15.6 Å². The number of hydrogen-bond donors (Lipinski definition) is 2. The van der Waals surface area contributed by atoms with Gasteiger partial charge in [-0.3, -0.25) is 9.59 Å². The number of carbonyl (C=O) groups excluding carboxylic acids is 2. The molecule has 0 atom stereocenters. The number of anilines is 1. The summed E-state index contributed by atoms with van der Waals surface area (Å²) >= 11 is 0. The van der Waals surface area contributed by atoms with E-state index in [-0.39, 0.29) is 24.2 Å². The van der Waals surface area contributed by atoms with E-state index in [0.29, 0.717) is 30.0 Å². The first-order valence-corrected chi connectivity index (χ1v) is 9.93. The maximum atomic E-state index is 13.1. The highest BCUT2D eigenvalue weighted by molar-refractivity contribution is 5.94. The van der Waals surface area contributed by atoms with Gasteiger partial charge in [0.15, 0.2) is 0 Å². The van der Waals surface area contributed by atoms with Gasteiger partial charge in [0.2, 0.25) is 5.91 Å². The van der Waals surface area contributed by atoms with Gasteiger partial charge >= 0.3 is 0 Å². The van der Waals surface area contributed by atoms with Gasteiger partial charge < -0.3 is 15.2 Å². The fourth-order valence-corrected chi connectivity index (χ4v) is 3.35. The predicted molar refractivity (Wildman–Crippen MR) is 117 cm³/mol. The Kier molecular flexibility index (Phi) is 6.03. The smallest absolute Gasteiger partial charge is 0.251 e. The van der Waals surface area contributed by atoms with E-state index in [1.165, 1.54) is 24.3 Å². The zero-order valence-corrected chi connectivity index (χ0v) is 16.7. The number of halogens is 1. The Morgan fingerprint density at radius 3 is 2.39 bits per heavy atom. The molecule has 0 aliphatic carbocycles.